The number of rotatable bonds is 10. The molecule has 46 heavy (non-hydrogen) atoms. The van der Waals surface area contributed by atoms with Gasteiger partial charge in [-0.05, 0) is 49.8 Å². The van der Waals surface area contributed by atoms with Crippen LogP contribution in [0, 0.1) is 18.3 Å². The molecule has 0 bridgehead atoms. The van der Waals surface area contributed by atoms with Crippen molar-refractivity contribution in [1.82, 2.24) is 30.2 Å². The molecule has 1 aromatic carbocycles. The predicted octanol–water partition coefficient (Wildman–Crippen LogP) is 4.47. The third-order valence-electron chi connectivity index (χ3n) is 8.25. The molecule has 6 rings (SSSR count). The number of ether oxygens (including phenoxy) is 2. The van der Waals surface area contributed by atoms with Crippen molar-refractivity contribution in [2.75, 3.05) is 35.9 Å². The lowest BCUT2D eigenvalue weighted by molar-refractivity contribution is 0.0209. The van der Waals surface area contributed by atoms with Crippen molar-refractivity contribution in [3.8, 4) is 23.2 Å². The number of anilines is 3. The molecule has 0 atom stereocenters. The molecule has 2 aliphatic rings. The summed E-state index contributed by atoms with van der Waals surface area (Å²) in [6, 6.07) is 14.2. The topological polar surface area (TPSA) is 163 Å². The second-order valence-corrected chi connectivity index (χ2v) is 11.4. The van der Waals surface area contributed by atoms with Gasteiger partial charge < -0.3 is 25.4 Å². The van der Waals surface area contributed by atoms with Crippen LogP contribution >= 0.6 is 0 Å². The average Bonchev–Trinajstić information content (AvgIpc) is 3.07. The van der Waals surface area contributed by atoms with Crippen LogP contribution in [0.4, 0.5) is 22.4 Å². The minimum atomic E-state index is -0.196. The number of hydrogen-bond donors (Lipinski definition) is 3. The third kappa shape index (κ3) is 7.13. The van der Waals surface area contributed by atoms with Gasteiger partial charge in [0.2, 0.25) is 5.95 Å². The van der Waals surface area contributed by atoms with E-state index >= 15 is 0 Å². The van der Waals surface area contributed by atoms with Crippen LogP contribution in [0.5, 0.6) is 6.01 Å². The standard InChI is InChI=1S/C33H36N10O3/c1-21-12-29(35-18-28(21)24-16-37-32(45-2)38-17-24)43(33(44)39-14-22-6-4-3-5-7-22)27-10-8-25(9-11-27)41-31-36-15-23(13-34)30(42-31)40-26-19-46-20-26/h3-7,12,15-18,25-27H,8-11,14,19-20H2,1-2H3,(H,39,44)(H2,36,40,41,42)/t25-,27-. The molecule has 236 valence electrons. The number of aromatic nitrogens is 5. The maximum atomic E-state index is 13.8. The molecule has 13 heteroatoms. The molecule has 0 radical (unpaired) electrons. The van der Waals surface area contributed by atoms with E-state index in [1.807, 2.05) is 43.3 Å². The number of aryl methyl sites for hydroxylation is 1. The Balaban J connectivity index is 1.17. The summed E-state index contributed by atoms with van der Waals surface area (Å²) in [4.78, 5) is 37.8. The summed E-state index contributed by atoms with van der Waals surface area (Å²) in [7, 11) is 1.53. The van der Waals surface area contributed by atoms with Crippen LogP contribution in [0.1, 0.15) is 42.4 Å². The van der Waals surface area contributed by atoms with Gasteiger partial charge in [-0.25, -0.2) is 24.7 Å². The highest BCUT2D eigenvalue weighted by Crippen LogP contribution is 2.31. The van der Waals surface area contributed by atoms with E-state index in [1.165, 1.54) is 13.3 Å². The van der Waals surface area contributed by atoms with Gasteiger partial charge in [0.1, 0.15) is 23.3 Å². The number of amides is 2. The maximum absolute atomic E-state index is 13.8. The van der Waals surface area contributed by atoms with Gasteiger partial charge in [-0.1, -0.05) is 30.3 Å². The first-order valence-corrected chi connectivity index (χ1v) is 15.3. The van der Waals surface area contributed by atoms with Crippen molar-refractivity contribution in [1.29, 1.82) is 5.26 Å². The van der Waals surface area contributed by atoms with E-state index < -0.39 is 0 Å². The van der Waals surface area contributed by atoms with Crippen molar-refractivity contribution in [2.24, 2.45) is 0 Å². The number of urea groups is 1. The van der Waals surface area contributed by atoms with Crippen LogP contribution in [-0.2, 0) is 11.3 Å². The smallest absolute Gasteiger partial charge is 0.323 e. The highest BCUT2D eigenvalue weighted by molar-refractivity contribution is 5.92. The molecular weight excluding hydrogens is 584 g/mol. The summed E-state index contributed by atoms with van der Waals surface area (Å²) in [5.74, 6) is 1.57. The monoisotopic (exact) mass is 620 g/mol. The van der Waals surface area contributed by atoms with Crippen molar-refractivity contribution in [3.05, 3.63) is 77.9 Å². The molecule has 2 amide bonds. The highest BCUT2D eigenvalue weighted by Gasteiger charge is 2.32. The molecule has 3 N–H and O–H groups in total. The summed E-state index contributed by atoms with van der Waals surface area (Å²) >= 11 is 0. The van der Waals surface area contributed by atoms with Gasteiger partial charge in [0.15, 0.2) is 0 Å². The molecule has 1 saturated heterocycles. The number of benzene rings is 1. The first-order valence-electron chi connectivity index (χ1n) is 15.3. The Morgan fingerprint density at radius 1 is 1.00 bits per heavy atom. The first-order chi connectivity index (χ1) is 22.5. The largest absolute Gasteiger partial charge is 0.467 e. The average molecular weight is 621 g/mol. The van der Waals surface area contributed by atoms with Crippen LogP contribution in [0.3, 0.4) is 0 Å². The van der Waals surface area contributed by atoms with Crippen LogP contribution in [-0.4, -0.2) is 69.4 Å². The van der Waals surface area contributed by atoms with Crippen LogP contribution in [0.25, 0.3) is 11.1 Å². The van der Waals surface area contributed by atoms with Gasteiger partial charge in [-0.3, -0.25) is 4.90 Å². The SMILES string of the molecule is COc1ncc(-c2cnc(N(C(=O)NCc3ccccc3)[C@H]3CC[C@H](Nc4ncc(C#N)c(NC5COC5)n4)CC3)cc2C)cn1. The number of pyridine rings is 1. The van der Waals surface area contributed by atoms with Crippen LogP contribution in [0.15, 0.2) is 61.2 Å². The van der Waals surface area contributed by atoms with E-state index in [0.717, 1.165) is 47.9 Å². The normalized spacial score (nSPS) is 17.7. The molecule has 4 aromatic rings. The van der Waals surface area contributed by atoms with Gasteiger partial charge >= 0.3 is 12.0 Å². The fourth-order valence-corrected chi connectivity index (χ4v) is 5.67. The van der Waals surface area contributed by atoms with Crippen molar-refractivity contribution < 1.29 is 14.3 Å². The fourth-order valence-electron chi connectivity index (χ4n) is 5.67. The zero-order chi connectivity index (χ0) is 31.9. The number of nitriles is 1. The molecule has 1 aliphatic heterocycles. The van der Waals surface area contributed by atoms with Gasteiger partial charge in [-0.2, -0.15) is 10.2 Å². The lowest BCUT2D eigenvalue weighted by Gasteiger charge is -2.36. The Labute approximate surface area is 267 Å². The Bertz CT molecular complexity index is 1680. The minimum Gasteiger partial charge on any atom is -0.467 e. The Kier molecular flexibility index (Phi) is 9.45. The number of hydrogen-bond acceptors (Lipinski definition) is 11. The second-order valence-electron chi connectivity index (χ2n) is 11.4. The van der Waals surface area contributed by atoms with Crippen molar-refractivity contribution >= 4 is 23.6 Å². The first kappa shape index (κ1) is 30.7. The molecule has 3 aromatic heterocycles. The van der Waals surface area contributed by atoms with Crippen molar-refractivity contribution in [2.45, 2.75) is 57.3 Å². The van der Waals surface area contributed by atoms with Gasteiger partial charge in [-0.15, -0.1) is 0 Å². The van der Waals surface area contributed by atoms with E-state index in [-0.39, 0.29) is 24.2 Å². The third-order valence-corrected chi connectivity index (χ3v) is 8.25. The predicted molar refractivity (Wildman–Crippen MR) is 172 cm³/mol. The maximum Gasteiger partial charge on any atom is 0.323 e. The van der Waals surface area contributed by atoms with E-state index in [9.17, 15) is 10.1 Å². The lowest BCUT2D eigenvalue weighted by Crippen LogP contribution is -2.49. The van der Waals surface area contributed by atoms with E-state index in [1.54, 1.807) is 23.5 Å². The van der Waals surface area contributed by atoms with E-state index in [0.29, 0.717) is 48.9 Å². The summed E-state index contributed by atoms with van der Waals surface area (Å²) in [5, 5.41) is 19.3. The second kappa shape index (κ2) is 14.2. The lowest BCUT2D eigenvalue weighted by atomic mass is 9.90. The van der Waals surface area contributed by atoms with Crippen molar-refractivity contribution in [3.63, 3.8) is 0 Å². The van der Waals surface area contributed by atoms with E-state index in [4.69, 9.17) is 14.5 Å². The van der Waals surface area contributed by atoms with Gasteiger partial charge in [0, 0.05) is 48.3 Å². The zero-order valence-corrected chi connectivity index (χ0v) is 25.8. The minimum absolute atomic E-state index is 0.0615. The molecule has 4 heterocycles. The van der Waals surface area contributed by atoms with Gasteiger partial charge in [0.25, 0.3) is 0 Å². The number of carbonyl (C=O) groups is 1. The summed E-state index contributed by atoms with van der Waals surface area (Å²) in [6.45, 7) is 3.57. The molecule has 0 unspecified atom stereocenters. The summed E-state index contributed by atoms with van der Waals surface area (Å²) in [6.07, 6.45) is 9.82. The molecule has 1 aliphatic carbocycles. The zero-order valence-electron chi connectivity index (χ0n) is 25.8. The molecule has 2 fully saturated rings. The summed E-state index contributed by atoms with van der Waals surface area (Å²) in [5.41, 5.74) is 4.06. The number of methoxy groups -OCH3 is 1. The fraction of sp³-hybridized carbons (Fsp3) is 0.364. The van der Waals surface area contributed by atoms with Crippen LogP contribution < -0.4 is 25.6 Å². The van der Waals surface area contributed by atoms with Gasteiger partial charge in [0.05, 0.1) is 32.6 Å². The summed E-state index contributed by atoms with van der Waals surface area (Å²) < 4.78 is 10.3. The number of nitrogens with zero attached hydrogens (tertiary/aromatic N) is 7. The Morgan fingerprint density at radius 3 is 2.41 bits per heavy atom. The molecule has 1 saturated carbocycles. The quantitative estimate of drug-likeness (QED) is 0.229. The molecule has 13 nitrogen and oxygen atoms in total. The Morgan fingerprint density at radius 2 is 1.76 bits per heavy atom. The molecular formula is C33H36N10O3. The molecule has 0 spiro atoms. The highest BCUT2D eigenvalue weighted by atomic mass is 16.5. The van der Waals surface area contributed by atoms with Crippen LogP contribution in [0.2, 0.25) is 0 Å². The number of carbonyl (C=O) groups excluding carboxylic acids is 1. The van der Waals surface area contributed by atoms with E-state index in [2.05, 4.69) is 42.0 Å². The Hall–Kier alpha value is -5.35. The number of nitrogens with one attached hydrogen (secondary N) is 3.